The van der Waals surface area contributed by atoms with Crippen LogP contribution in [0.15, 0.2) is 48.7 Å². The summed E-state index contributed by atoms with van der Waals surface area (Å²) in [5, 5.41) is 2.76. The van der Waals surface area contributed by atoms with Crippen LogP contribution in [0.5, 0.6) is 5.75 Å². The molecule has 0 atom stereocenters. The van der Waals surface area contributed by atoms with Crippen LogP contribution in [-0.2, 0) is 0 Å². The lowest BCUT2D eigenvalue weighted by molar-refractivity contribution is 0.0943. The number of nitrogens with two attached hydrogens (primary N) is 1. The number of rotatable bonds is 4. The van der Waals surface area contributed by atoms with Crippen molar-refractivity contribution in [3.8, 4) is 5.75 Å². The quantitative estimate of drug-likeness (QED) is 0.873. The molecule has 0 aliphatic rings. The summed E-state index contributed by atoms with van der Waals surface area (Å²) in [6.07, 6.45) is 3.56. The van der Waals surface area contributed by atoms with Crippen LogP contribution in [0.4, 0.5) is 5.82 Å². The van der Waals surface area contributed by atoms with E-state index in [2.05, 4.69) is 35.4 Å². The normalized spacial score (nSPS) is 10.7. The van der Waals surface area contributed by atoms with Crippen molar-refractivity contribution in [1.29, 1.82) is 0 Å². The largest absolute Gasteiger partial charge is 0.497 e. The number of nitrogens with one attached hydrogen (secondary N) is 1. The molecule has 1 aromatic heterocycles. The highest BCUT2D eigenvalue weighted by atomic mass is 16.5. The van der Waals surface area contributed by atoms with Gasteiger partial charge in [-0.3, -0.25) is 4.79 Å². The fourth-order valence-corrected chi connectivity index (χ4v) is 1.91. The maximum Gasteiger partial charge on any atom is 0.253 e. The number of hydrogen-bond acceptors (Lipinski definition) is 4. The minimum absolute atomic E-state index is 0. The highest BCUT2D eigenvalue weighted by Crippen LogP contribution is 2.17. The van der Waals surface area contributed by atoms with E-state index >= 15 is 0 Å². The molecule has 0 unspecified atom stereocenters. The van der Waals surface area contributed by atoms with Crippen LogP contribution in [0.1, 0.15) is 45.0 Å². The van der Waals surface area contributed by atoms with E-state index in [4.69, 9.17) is 10.5 Å². The lowest BCUT2D eigenvalue weighted by Gasteiger charge is -2.07. The molecule has 2 aromatic rings. The van der Waals surface area contributed by atoms with Crippen LogP contribution in [0, 0.1) is 0 Å². The van der Waals surface area contributed by atoms with Gasteiger partial charge in [-0.2, -0.15) is 0 Å². The van der Waals surface area contributed by atoms with Crippen molar-refractivity contribution in [2.24, 2.45) is 0 Å². The van der Waals surface area contributed by atoms with Crippen molar-refractivity contribution in [2.75, 3.05) is 12.8 Å². The number of aromatic nitrogens is 1. The Balaban J connectivity index is 0.000000464. The number of nitrogen functional groups attached to an aromatic ring is 1. The van der Waals surface area contributed by atoms with Gasteiger partial charge in [-0.1, -0.05) is 18.2 Å². The van der Waals surface area contributed by atoms with Gasteiger partial charge in [-0.15, -0.1) is 0 Å². The van der Waals surface area contributed by atoms with E-state index < -0.39 is 0 Å². The number of hydrogen-bond donors (Lipinski definition) is 2. The molecule has 0 saturated heterocycles. The number of amides is 1. The topological polar surface area (TPSA) is 77.2 Å². The van der Waals surface area contributed by atoms with Gasteiger partial charge in [0, 0.05) is 13.7 Å². The van der Waals surface area contributed by atoms with Crippen LogP contribution in [-0.4, -0.2) is 24.0 Å². The van der Waals surface area contributed by atoms with Gasteiger partial charge in [-0.05, 0) is 63.1 Å². The predicted molar refractivity (Wildman–Crippen MR) is 106 cm³/mol. The van der Waals surface area contributed by atoms with E-state index in [1.807, 2.05) is 32.9 Å². The van der Waals surface area contributed by atoms with Crippen molar-refractivity contribution in [3.63, 3.8) is 0 Å². The number of anilines is 1. The minimum Gasteiger partial charge on any atom is -0.497 e. The molecular formula is C20H29N3O2. The average molecular weight is 343 g/mol. The number of ether oxygens (including phenoxy) is 1. The molecule has 0 aliphatic heterocycles. The zero-order chi connectivity index (χ0) is 18.8. The summed E-state index contributed by atoms with van der Waals surface area (Å²) in [5.74, 6) is 1.20. The van der Waals surface area contributed by atoms with E-state index in [9.17, 15) is 4.79 Å². The highest BCUT2D eigenvalue weighted by molar-refractivity contribution is 5.94. The molecule has 3 N–H and O–H groups in total. The van der Waals surface area contributed by atoms with Crippen LogP contribution in [0.25, 0.3) is 5.57 Å². The Morgan fingerprint density at radius 2 is 1.80 bits per heavy atom. The Kier molecular flexibility index (Phi) is 8.19. The van der Waals surface area contributed by atoms with Gasteiger partial charge < -0.3 is 15.8 Å². The van der Waals surface area contributed by atoms with E-state index in [1.54, 1.807) is 19.2 Å². The van der Waals surface area contributed by atoms with Crippen molar-refractivity contribution < 1.29 is 11.0 Å². The molecule has 25 heavy (non-hydrogen) atoms. The monoisotopic (exact) mass is 343 g/mol. The zero-order valence-electron chi connectivity index (χ0n) is 15.5. The van der Waals surface area contributed by atoms with E-state index in [0.717, 1.165) is 5.75 Å². The predicted octanol–water partition coefficient (Wildman–Crippen LogP) is 4.17. The third-order valence-electron chi connectivity index (χ3n) is 3.45. The smallest absolute Gasteiger partial charge is 0.253 e. The standard InChI is InChI=1S/C11H14O.C9H13N3O.H2/c1-4-9(2)10-5-7-11(12-3)8-6-10;1-6(2)12-9(13)7-3-4-8(10)11-5-7;/h4-8H,1-3H3;3-6H,1-2H3,(H2,10,11)(H,12,13);1H/b9-4+;;. The molecule has 136 valence electrons. The Hall–Kier alpha value is -2.82. The fourth-order valence-electron chi connectivity index (χ4n) is 1.91. The first kappa shape index (κ1) is 20.2. The molecule has 5 nitrogen and oxygen atoms in total. The van der Waals surface area contributed by atoms with Gasteiger partial charge in [0.25, 0.3) is 5.91 Å². The third kappa shape index (κ3) is 7.08. The summed E-state index contributed by atoms with van der Waals surface area (Å²) in [6, 6.07) is 11.5. The molecule has 0 spiro atoms. The number of pyridine rings is 1. The third-order valence-corrected chi connectivity index (χ3v) is 3.45. The van der Waals surface area contributed by atoms with E-state index in [0.29, 0.717) is 11.4 Å². The Labute approximate surface area is 151 Å². The number of carbonyl (C=O) groups is 1. The lowest BCUT2D eigenvalue weighted by atomic mass is 10.1. The first-order valence-corrected chi connectivity index (χ1v) is 8.17. The first-order valence-electron chi connectivity index (χ1n) is 8.17. The lowest BCUT2D eigenvalue weighted by Crippen LogP contribution is -2.30. The second-order valence-electron chi connectivity index (χ2n) is 5.80. The number of allylic oxidation sites excluding steroid dienone is 2. The van der Waals surface area contributed by atoms with Gasteiger partial charge in [0.15, 0.2) is 0 Å². The molecular weight excluding hydrogens is 314 g/mol. The SMILES string of the molecule is C/C=C(\C)c1ccc(OC)cc1.CC(C)NC(=O)c1ccc(N)nc1.[HH]. The molecule has 0 bridgehead atoms. The summed E-state index contributed by atoms with van der Waals surface area (Å²) < 4.78 is 5.06. The summed E-state index contributed by atoms with van der Waals surface area (Å²) in [6.45, 7) is 7.95. The minimum atomic E-state index is -0.123. The Bertz CT molecular complexity index is 696. The summed E-state index contributed by atoms with van der Waals surface area (Å²) >= 11 is 0. The van der Waals surface area contributed by atoms with Crippen LogP contribution < -0.4 is 15.8 Å². The number of nitrogens with zero attached hydrogens (tertiary/aromatic N) is 1. The molecule has 1 heterocycles. The second kappa shape index (κ2) is 10.1. The molecule has 1 aromatic carbocycles. The summed E-state index contributed by atoms with van der Waals surface area (Å²) in [5.41, 5.74) is 8.45. The van der Waals surface area contributed by atoms with Crippen LogP contribution in [0.3, 0.4) is 0 Å². The van der Waals surface area contributed by atoms with E-state index in [-0.39, 0.29) is 13.4 Å². The van der Waals surface area contributed by atoms with Crippen molar-refractivity contribution in [3.05, 3.63) is 59.8 Å². The zero-order valence-corrected chi connectivity index (χ0v) is 15.5. The van der Waals surface area contributed by atoms with Gasteiger partial charge in [-0.25, -0.2) is 4.98 Å². The molecule has 0 fully saturated rings. The van der Waals surface area contributed by atoms with Crippen molar-refractivity contribution >= 4 is 17.3 Å². The van der Waals surface area contributed by atoms with Gasteiger partial charge in [0.05, 0.1) is 12.7 Å². The average Bonchev–Trinajstić information content (AvgIpc) is 2.61. The second-order valence-corrected chi connectivity index (χ2v) is 5.80. The fraction of sp³-hybridized carbons (Fsp3) is 0.300. The van der Waals surface area contributed by atoms with Gasteiger partial charge >= 0.3 is 0 Å². The van der Waals surface area contributed by atoms with Gasteiger partial charge in [0.1, 0.15) is 11.6 Å². The van der Waals surface area contributed by atoms with Gasteiger partial charge in [0.2, 0.25) is 0 Å². The first-order chi connectivity index (χ1) is 11.9. The number of carbonyl (C=O) groups excluding carboxylic acids is 1. The molecule has 2 rings (SSSR count). The Morgan fingerprint density at radius 1 is 1.20 bits per heavy atom. The highest BCUT2D eigenvalue weighted by Gasteiger charge is 2.06. The maximum atomic E-state index is 11.4. The molecule has 0 aliphatic carbocycles. The molecule has 0 saturated carbocycles. The summed E-state index contributed by atoms with van der Waals surface area (Å²) in [7, 11) is 1.68. The van der Waals surface area contributed by atoms with Crippen molar-refractivity contribution in [2.45, 2.75) is 33.7 Å². The van der Waals surface area contributed by atoms with Crippen LogP contribution in [0.2, 0.25) is 0 Å². The van der Waals surface area contributed by atoms with Crippen molar-refractivity contribution in [1.82, 2.24) is 10.3 Å². The summed E-state index contributed by atoms with van der Waals surface area (Å²) in [4.78, 5) is 15.2. The number of benzene rings is 1. The van der Waals surface area contributed by atoms with E-state index in [1.165, 1.54) is 17.3 Å². The molecule has 0 radical (unpaired) electrons. The maximum absolute atomic E-state index is 11.4. The number of methoxy groups -OCH3 is 1. The van der Waals surface area contributed by atoms with Crippen LogP contribution >= 0.6 is 0 Å². The molecule has 5 heteroatoms. The Morgan fingerprint density at radius 3 is 2.24 bits per heavy atom. The molecule has 1 amide bonds.